The Kier molecular flexibility index (Phi) is 6.42. The second-order valence-electron chi connectivity index (χ2n) is 6.01. The fourth-order valence-corrected chi connectivity index (χ4v) is 2.85. The first-order valence-electron chi connectivity index (χ1n) is 8.33. The van der Waals surface area contributed by atoms with Gasteiger partial charge in [0.05, 0.1) is 11.4 Å². The van der Waals surface area contributed by atoms with E-state index in [1.165, 1.54) is 0 Å². The molecule has 0 saturated carbocycles. The van der Waals surface area contributed by atoms with Crippen molar-refractivity contribution in [1.29, 1.82) is 0 Å². The quantitative estimate of drug-likeness (QED) is 0.630. The molecule has 0 atom stereocenters. The van der Waals surface area contributed by atoms with Gasteiger partial charge in [0.1, 0.15) is 0 Å². The van der Waals surface area contributed by atoms with E-state index in [-0.39, 0.29) is 0 Å². The zero-order chi connectivity index (χ0) is 18.4. The summed E-state index contributed by atoms with van der Waals surface area (Å²) < 4.78 is 37.9. The van der Waals surface area contributed by atoms with Crippen LogP contribution in [-0.4, -0.2) is 30.9 Å². The van der Waals surface area contributed by atoms with Crippen LogP contribution in [0.15, 0.2) is 53.2 Å². The molecule has 25 heavy (non-hydrogen) atoms. The molecular formula is C19H24F3N3. The maximum atomic E-state index is 12.6. The third-order valence-electron chi connectivity index (χ3n) is 4.29. The van der Waals surface area contributed by atoms with Gasteiger partial charge in [-0.05, 0) is 23.3 Å². The predicted octanol–water partition coefficient (Wildman–Crippen LogP) is 4.38. The summed E-state index contributed by atoms with van der Waals surface area (Å²) in [6, 6.07) is 5.38. The number of alkyl halides is 3. The summed E-state index contributed by atoms with van der Waals surface area (Å²) in [4.78, 5) is 6.42. The fourth-order valence-electron chi connectivity index (χ4n) is 2.85. The molecule has 6 heteroatoms. The summed E-state index contributed by atoms with van der Waals surface area (Å²) in [6.07, 6.45) is -0.786. The predicted molar refractivity (Wildman–Crippen MR) is 95.3 cm³/mol. The molecule has 0 fully saturated rings. The van der Waals surface area contributed by atoms with Gasteiger partial charge >= 0.3 is 6.18 Å². The molecule has 2 rings (SSSR count). The third kappa shape index (κ3) is 5.19. The van der Waals surface area contributed by atoms with Crippen molar-refractivity contribution in [3.05, 3.63) is 59.3 Å². The summed E-state index contributed by atoms with van der Waals surface area (Å²) in [5, 5.41) is 3.37. The lowest BCUT2D eigenvalue weighted by Gasteiger charge is -2.30. The van der Waals surface area contributed by atoms with E-state index < -0.39 is 11.7 Å². The van der Waals surface area contributed by atoms with Crippen LogP contribution >= 0.6 is 0 Å². The number of hydrogen-bond acceptors (Lipinski definition) is 2. The molecule has 0 spiro atoms. The average Bonchev–Trinajstić information content (AvgIpc) is 2.60. The van der Waals surface area contributed by atoms with Gasteiger partial charge in [-0.1, -0.05) is 31.7 Å². The van der Waals surface area contributed by atoms with Gasteiger partial charge in [0, 0.05) is 45.2 Å². The van der Waals surface area contributed by atoms with E-state index in [1.807, 2.05) is 13.0 Å². The summed E-state index contributed by atoms with van der Waals surface area (Å²) >= 11 is 0. The first kappa shape index (κ1) is 19.2. The molecule has 0 aliphatic carbocycles. The molecule has 0 unspecified atom stereocenters. The Morgan fingerprint density at radius 2 is 2.00 bits per heavy atom. The lowest BCUT2D eigenvalue weighted by molar-refractivity contribution is -0.137. The van der Waals surface area contributed by atoms with Crippen molar-refractivity contribution < 1.29 is 13.2 Å². The normalized spacial score (nSPS) is 16.9. The molecule has 1 aliphatic rings. The molecule has 0 saturated heterocycles. The van der Waals surface area contributed by atoms with Crippen LogP contribution in [0.3, 0.4) is 0 Å². The van der Waals surface area contributed by atoms with Crippen molar-refractivity contribution in [1.82, 2.24) is 10.2 Å². The number of nitrogens with zero attached hydrogens (tertiary/aromatic N) is 2. The van der Waals surface area contributed by atoms with Crippen molar-refractivity contribution in [2.24, 2.45) is 4.99 Å². The van der Waals surface area contributed by atoms with E-state index in [1.54, 1.807) is 19.2 Å². The van der Waals surface area contributed by atoms with Crippen molar-refractivity contribution in [2.45, 2.75) is 32.5 Å². The molecule has 1 aliphatic heterocycles. The van der Waals surface area contributed by atoms with Gasteiger partial charge in [0.15, 0.2) is 0 Å². The highest BCUT2D eigenvalue weighted by Gasteiger charge is 2.30. The lowest BCUT2D eigenvalue weighted by atomic mass is 10.0. The van der Waals surface area contributed by atoms with Gasteiger partial charge < -0.3 is 5.32 Å². The highest BCUT2D eigenvalue weighted by molar-refractivity contribution is 5.83. The van der Waals surface area contributed by atoms with E-state index in [0.29, 0.717) is 13.1 Å². The largest absolute Gasteiger partial charge is 0.416 e. The number of rotatable bonds is 5. The van der Waals surface area contributed by atoms with Crippen LogP contribution in [0.2, 0.25) is 0 Å². The van der Waals surface area contributed by atoms with Crippen molar-refractivity contribution >= 4 is 5.84 Å². The highest BCUT2D eigenvalue weighted by atomic mass is 19.4. The minimum atomic E-state index is -4.29. The molecule has 1 N–H and O–H groups in total. The first-order chi connectivity index (χ1) is 11.9. The van der Waals surface area contributed by atoms with Crippen molar-refractivity contribution in [3.8, 4) is 0 Å². The van der Waals surface area contributed by atoms with Crippen LogP contribution in [0.4, 0.5) is 13.2 Å². The maximum Gasteiger partial charge on any atom is 0.416 e. The maximum absolute atomic E-state index is 12.6. The zero-order valence-corrected chi connectivity index (χ0v) is 14.7. The molecular weight excluding hydrogens is 327 g/mol. The Balaban J connectivity index is 2.04. The zero-order valence-electron chi connectivity index (χ0n) is 14.7. The van der Waals surface area contributed by atoms with Crippen LogP contribution in [0.5, 0.6) is 0 Å². The van der Waals surface area contributed by atoms with E-state index in [0.717, 1.165) is 54.2 Å². The number of amidine groups is 1. The number of nitrogens with one attached hydrogen (secondary N) is 1. The summed E-state index contributed by atoms with van der Waals surface area (Å²) in [7, 11) is 1.76. The van der Waals surface area contributed by atoms with Crippen molar-refractivity contribution in [2.75, 3.05) is 20.1 Å². The monoisotopic (exact) mass is 351 g/mol. The Morgan fingerprint density at radius 3 is 2.52 bits per heavy atom. The number of aliphatic imine (C=N–C) groups is 1. The van der Waals surface area contributed by atoms with Gasteiger partial charge in [0.2, 0.25) is 0 Å². The van der Waals surface area contributed by atoms with Crippen LogP contribution in [0, 0.1) is 0 Å². The molecule has 136 valence electrons. The molecule has 1 heterocycles. The lowest BCUT2D eigenvalue weighted by Crippen LogP contribution is -2.36. The highest BCUT2D eigenvalue weighted by Crippen LogP contribution is 2.29. The molecule has 3 nitrogen and oxygen atoms in total. The number of benzene rings is 1. The third-order valence-corrected chi connectivity index (χ3v) is 4.29. The van der Waals surface area contributed by atoms with Crippen LogP contribution in [0.25, 0.3) is 0 Å². The first-order valence-corrected chi connectivity index (χ1v) is 8.33. The van der Waals surface area contributed by atoms with E-state index in [4.69, 9.17) is 0 Å². The smallest absolute Gasteiger partial charge is 0.347 e. The SMILES string of the molecule is C=CC1=C(NC(CC)=NC)CCN(Cc2ccc(C(F)(F)F)cc2)C1. The van der Waals surface area contributed by atoms with Gasteiger partial charge in [-0.3, -0.25) is 9.89 Å². The Bertz CT molecular complexity index is 657. The van der Waals surface area contributed by atoms with E-state index in [2.05, 4.69) is 21.8 Å². The van der Waals surface area contributed by atoms with Crippen molar-refractivity contribution in [3.63, 3.8) is 0 Å². The van der Waals surface area contributed by atoms with Crippen LogP contribution in [0.1, 0.15) is 30.9 Å². The molecule has 0 aromatic heterocycles. The number of halogens is 3. The van der Waals surface area contributed by atoms with E-state index in [9.17, 15) is 13.2 Å². The minimum Gasteiger partial charge on any atom is -0.347 e. The number of hydrogen-bond donors (Lipinski definition) is 1. The second-order valence-corrected chi connectivity index (χ2v) is 6.01. The van der Waals surface area contributed by atoms with Gasteiger partial charge in [-0.25, -0.2) is 0 Å². The molecule has 0 radical (unpaired) electrons. The fraction of sp³-hybridized carbons (Fsp3) is 0.421. The standard InChI is InChI=1S/C19H24F3N3/c1-4-15-13-25(11-10-17(15)24-18(5-2)23-3)12-14-6-8-16(9-7-14)19(20,21)22/h4,6-9H,1,5,10-13H2,2-3H3,(H,23,24). The van der Waals surface area contributed by atoms with Crippen LogP contribution in [-0.2, 0) is 12.7 Å². The molecule has 0 amide bonds. The average molecular weight is 351 g/mol. The summed E-state index contributed by atoms with van der Waals surface area (Å²) in [6.45, 7) is 8.10. The Hall–Kier alpha value is -2.08. The Labute approximate surface area is 146 Å². The summed E-state index contributed by atoms with van der Waals surface area (Å²) in [5.74, 6) is 0.936. The van der Waals surface area contributed by atoms with Crippen LogP contribution < -0.4 is 5.32 Å². The molecule has 1 aromatic carbocycles. The topological polar surface area (TPSA) is 27.6 Å². The van der Waals surface area contributed by atoms with Gasteiger partial charge in [-0.15, -0.1) is 0 Å². The summed E-state index contributed by atoms with van der Waals surface area (Å²) in [5.41, 5.74) is 2.49. The van der Waals surface area contributed by atoms with Gasteiger partial charge in [0.25, 0.3) is 0 Å². The van der Waals surface area contributed by atoms with E-state index >= 15 is 0 Å². The Morgan fingerprint density at radius 1 is 1.32 bits per heavy atom. The second kappa shape index (κ2) is 8.34. The molecule has 1 aromatic rings. The molecule has 0 bridgehead atoms. The minimum absolute atomic E-state index is 0.612. The van der Waals surface area contributed by atoms with Gasteiger partial charge in [-0.2, -0.15) is 13.2 Å².